The predicted molar refractivity (Wildman–Crippen MR) is 100 cm³/mol. The van der Waals surface area contributed by atoms with Crippen LogP contribution >= 0.6 is 11.3 Å². The Labute approximate surface area is 155 Å². The molecule has 0 aliphatic carbocycles. The van der Waals surface area contributed by atoms with Crippen molar-refractivity contribution in [2.45, 2.75) is 39.0 Å². The predicted octanol–water partition coefficient (Wildman–Crippen LogP) is 3.28. The summed E-state index contributed by atoms with van der Waals surface area (Å²) >= 11 is 1.62. The molecule has 8 heteroatoms. The van der Waals surface area contributed by atoms with Crippen LogP contribution in [0.1, 0.15) is 46.4 Å². The van der Waals surface area contributed by atoms with Gasteiger partial charge in [0.15, 0.2) is 0 Å². The van der Waals surface area contributed by atoms with Gasteiger partial charge in [0.05, 0.1) is 10.5 Å². The van der Waals surface area contributed by atoms with E-state index in [4.69, 9.17) is 0 Å². The first-order valence-electron chi connectivity index (χ1n) is 8.64. The average Bonchev–Trinajstić information content (AvgIpc) is 2.99. The average molecular weight is 372 g/mol. The molecule has 4 rings (SSSR count). The molecule has 3 heterocycles. The van der Waals surface area contributed by atoms with E-state index in [9.17, 15) is 14.9 Å². The highest BCUT2D eigenvalue weighted by molar-refractivity contribution is 7.16. The highest BCUT2D eigenvalue weighted by Crippen LogP contribution is 2.41. The molecule has 2 N–H and O–H groups in total. The first-order chi connectivity index (χ1) is 12.4. The van der Waals surface area contributed by atoms with Crippen molar-refractivity contribution in [2.24, 2.45) is 0 Å². The van der Waals surface area contributed by atoms with Crippen LogP contribution in [0.4, 0.5) is 10.7 Å². The molecule has 0 fully saturated rings. The van der Waals surface area contributed by atoms with Gasteiger partial charge in [-0.25, -0.2) is 0 Å². The zero-order valence-corrected chi connectivity index (χ0v) is 15.4. The smallest absolute Gasteiger partial charge is 0.269 e. The van der Waals surface area contributed by atoms with Crippen LogP contribution in [0.2, 0.25) is 0 Å². The Morgan fingerprint density at radius 1 is 1.35 bits per heavy atom. The minimum atomic E-state index is -0.462. The summed E-state index contributed by atoms with van der Waals surface area (Å²) < 4.78 is 0. The fourth-order valence-electron chi connectivity index (χ4n) is 3.56. The number of amides is 1. The molecule has 7 nitrogen and oxygen atoms in total. The Morgan fingerprint density at radius 2 is 2.15 bits per heavy atom. The van der Waals surface area contributed by atoms with E-state index in [0.29, 0.717) is 11.6 Å². The molecule has 0 bridgehead atoms. The largest absolute Gasteiger partial charge is 0.353 e. The molecule has 1 aromatic carbocycles. The highest BCUT2D eigenvalue weighted by atomic mass is 32.1. The number of rotatable bonds is 3. The first kappa shape index (κ1) is 17.0. The molecule has 0 spiro atoms. The number of hydrogen-bond acceptors (Lipinski definition) is 6. The van der Waals surface area contributed by atoms with E-state index in [-0.39, 0.29) is 11.6 Å². The lowest BCUT2D eigenvalue weighted by Gasteiger charge is -2.30. The molecule has 2 aromatic rings. The van der Waals surface area contributed by atoms with E-state index in [2.05, 4.69) is 29.4 Å². The Morgan fingerprint density at radius 3 is 2.88 bits per heavy atom. The van der Waals surface area contributed by atoms with E-state index >= 15 is 0 Å². The third-order valence-corrected chi connectivity index (χ3v) is 6.16. The molecule has 26 heavy (non-hydrogen) atoms. The molecule has 1 unspecified atom stereocenters. The summed E-state index contributed by atoms with van der Waals surface area (Å²) in [5.74, 6) is -0.106. The second kappa shape index (κ2) is 6.37. The molecular weight excluding hydrogens is 352 g/mol. The van der Waals surface area contributed by atoms with Crippen LogP contribution in [-0.2, 0) is 13.0 Å². The minimum absolute atomic E-state index is 0.0161. The molecule has 0 radical (unpaired) electrons. The molecule has 1 atom stereocenters. The van der Waals surface area contributed by atoms with Gasteiger partial charge in [-0.05, 0) is 25.8 Å². The van der Waals surface area contributed by atoms with Gasteiger partial charge >= 0.3 is 0 Å². The lowest BCUT2D eigenvalue weighted by Crippen LogP contribution is -2.39. The van der Waals surface area contributed by atoms with Crippen molar-refractivity contribution in [3.05, 3.63) is 55.9 Å². The quantitative estimate of drug-likeness (QED) is 0.638. The van der Waals surface area contributed by atoms with Gasteiger partial charge in [0, 0.05) is 41.7 Å². The van der Waals surface area contributed by atoms with Gasteiger partial charge in [-0.2, -0.15) is 0 Å². The summed E-state index contributed by atoms with van der Waals surface area (Å²) in [4.78, 5) is 27.0. The molecular formula is C18H20N4O3S. The lowest BCUT2D eigenvalue weighted by atomic mass is 9.99. The Kier molecular flexibility index (Phi) is 4.16. The van der Waals surface area contributed by atoms with Crippen molar-refractivity contribution in [2.75, 3.05) is 11.9 Å². The normalized spacial score (nSPS) is 19.5. The zero-order valence-electron chi connectivity index (χ0n) is 14.6. The summed E-state index contributed by atoms with van der Waals surface area (Å²) in [5.41, 5.74) is 2.58. The zero-order chi connectivity index (χ0) is 18.4. The number of carbonyl (C=O) groups excluding carboxylic acids is 1. The maximum atomic E-state index is 12.7. The van der Waals surface area contributed by atoms with Crippen LogP contribution in [0.15, 0.2) is 24.3 Å². The van der Waals surface area contributed by atoms with Crippen molar-refractivity contribution in [1.29, 1.82) is 0 Å². The topological polar surface area (TPSA) is 87.5 Å². The van der Waals surface area contributed by atoms with Crippen LogP contribution in [-0.4, -0.2) is 28.3 Å². The standard InChI is InChI=1S/C18H20N4O3S/c1-10(2)21-7-6-13-14(9-21)26-18-15(13)17(23)19-16(20-18)11-4-3-5-12(8-11)22(24)25/h3-5,8,10,16,20H,6-7,9H2,1-2H3,(H,19,23). The fraction of sp³-hybridized carbons (Fsp3) is 0.389. The Balaban J connectivity index is 1.65. The van der Waals surface area contributed by atoms with E-state index in [1.54, 1.807) is 23.5 Å². The van der Waals surface area contributed by atoms with Gasteiger partial charge in [-0.15, -0.1) is 11.3 Å². The minimum Gasteiger partial charge on any atom is -0.353 e. The number of nitro groups is 1. The van der Waals surface area contributed by atoms with Crippen molar-refractivity contribution < 1.29 is 9.72 Å². The maximum absolute atomic E-state index is 12.7. The van der Waals surface area contributed by atoms with E-state index in [0.717, 1.165) is 35.6 Å². The summed E-state index contributed by atoms with van der Waals surface area (Å²) in [7, 11) is 0. The van der Waals surface area contributed by atoms with Gasteiger partial charge in [0.1, 0.15) is 11.2 Å². The summed E-state index contributed by atoms with van der Waals surface area (Å²) in [6.07, 6.45) is 0.409. The molecule has 0 saturated heterocycles. The molecule has 2 aliphatic rings. The number of thiophene rings is 1. The number of fused-ring (bicyclic) bond motifs is 3. The maximum Gasteiger partial charge on any atom is 0.269 e. The second-order valence-electron chi connectivity index (χ2n) is 6.93. The molecule has 1 aromatic heterocycles. The fourth-order valence-corrected chi connectivity index (χ4v) is 4.86. The van der Waals surface area contributed by atoms with Gasteiger partial charge in [-0.3, -0.25) is 19.8 Å². The van der Waals surface area contributed by atoms with Crippen molar-refractivity contribution >= 4 is 27.9 Å². The van der Waals surface area contributed by atoms with Crippen LogP contribution < -0.4 is 10.6 Å². The van der Waals surface area contributed by atoms with Crippen molar-refractivity contribution in [1.82, 2.24) is 10.2 Å². The first-order valence-corrected chi connectivity index (χ1v) is 9.46. The van der Waals surface area contributed by atoms with E-state index in [1.807, 2.05) is 0 Å². The second-order valence-corrected chi connectivity index (χ2v) is 8.03. The number of non-ortho nitro benzene ring substituents is 1. The number of nitro benzene ring substituents is 1. The number of carbonyl (C=O) groups is 1. The van der Waals surface area contributed by atoms with Crippen LogP contribution in [0, 0.1) is 10.1 Å². The van der Waals surface area contributed by atoms with Crippen LogP contribution in [0.25, 0.3) is 0 Å². The molecule has 136 valence electrons. The Bertz CT molecular complexity index is 893. The van der Waals surface area contributed by atoms with Crippen LogP contribution in [0.3, 0.4) is 0 Å². The van der Waals surface area contributed by atoms with Gasteiger partial charge in [-0.1, -0.05) is 12.1 Å². The van der Waals surface area contributed by atoms with Gasteiger partial charge in [0.2, 0.25) is 0 Å². The number of nitrogens with one attached hydrogen (secondary N) is 2. The van der Waals surface area contributed by atoms with E-state index in [1.165, 1.54) is 17.0 Å². The lowest BCUT2D eigenvalue weighted by molar-refractivity contribution is -0.384. The summed E-state index contributed by atoms with van der Waals surface area (Å²) in [6.45, 7) is 6.18. The summed E-state index contributed by atoms with van der Waals surface area (Å²) in [5, 5.41) is 18.2. The number of anilines is 1. The molecule has 2 aliphatic heterocycles. The van der Waals surface area contributed by atoms with Gasteiger partial charge in [0.25, 0.3) is 11.6 Å². The number of nitrogens with zero attached hydrogens (tertiary/aromatic N) is 2. The molecule has 0 saturated carbocycles. The number of benzene rings is 1. The van der Waals surface area contributed by atoms with Gasteiger partial charge < -0.3 is 10.6 Å². The third kappa shape index (κ3) is 2.85. The van der Waals surface area contributed by atoms with Crippen molar-refractivity contribution in [3.8, 4) is 0 Å². The molecule has 1 amide bonds. The van der Waals surface area contributed by atoms with Crippen LogP contribution in [0.5, 0.6) is 0 Å². The van der Waals surface area contributed by atoms with E-state index < -0.39 is 11.1 Å². The monoisotopic (exact) mass is 372 g/mol. The number of hydrogen-bond donors (Lipinski definition) is 2. The summed E-state index contributed by atoms with van der Waals surface area (Å²) in [6, 6.07) is 6.84. The SMILES string of the molecule is CC(C)N1CCc2c(sc3c2C(=O)NC(c2cccc([N+](=O)[O-])c2)N3)C1. The highest BCUT2D eigenvalue weighted by Gasteiger charge is 2.34. The Hall–Kier alpha value is -2.45. The third-order valence-electron chi connectivity index (χ3n) is 5.01. The van der Waals surface area contributed by atoms with Crippen molar-refractivity contribution in [3.63, 3.8) is 0 Å².